The van der Waals surface area contributed by atoms with Crippen LogP contribution >= 0.6 is 0 Å². The SMILES string of the molecule is CCCCCCCCC=CCCCCCCCCCCCCCCCCCc1cc(OC)c(O)c(OC)c1. The first kappa shape index (κ1) is 34.4. The smallest absolute Gasteiger partial charge is 0.200 e. The van der Waals surface area contributed by atoms with Gasteiger partial charge in [-0.3, -0.25) is 0 Å². The van der Waals surface area contributed by atoms with Gasteiger partial charge in [-0.15, -0.1) is 0 Å². The van der Waals surface area contributed by atoms with Crippen LogP contribution in [0.3, 0.4) is 0 Å². The first-order chi connectivity index (χ1) is 18.7. The van der Waals surface area contributed by atoms with Gasteiger partial charge in [0.25, 0.3) is 0 Å². The van der Waals surface area contributed by atoms with E-state index in [0.29, 0.717) is 11.5 Å². The van der Waals surface area contributed by atoms with Crippen molar-refractivity contribution < 1.29 is 14.6 Å². The van der Waals surface area contributed by atoms with E-state index in [2.05, 4.69) is 19.1 Å². The Morgan fingerprint density at radius 2 is 0.868 bits per heavy atom. The lowest BCUT2D eigenvalue weighted by Gasteiger charge is -2.11. The van der Waals surface area contributed by atoms with E-state index in [1.54, 1.807) is 14.2 Å². The number of methoxy groups -OCH3 is 2. The molecule has 0 aliphatic rings. The van der Waals surface area contributed by atoms with Gasteiger partial charge in [0.15, 0.2) is 11.5 Å². The number of phenols is 1. The molecule has 0 bridgehead atoms. The molecule has 0 aliphatic carbocycles. The molecular formula is C35H62O3. The monoisotopic (exact) mass is 530 g/mol. The van der Waals surface area contributed by atoms with Gasteiger partial charge in [-0.05, 0) is 56.2 Å². The minimum atomic E-state index is 0.0893. The first-order valence-electron chi connectivity index (χ1n) is 16.3. The summed E-state index contributed by atoms with van der Waals surface area (Å²) in [6.45, 7) is 2.29. The molecule has 0 saturated carbocycles. The fourth-order valence-corrected chi connectivity index (χ4v) is 5.26. The maximum atomic E-state index is 10.0. The Bertz CT molecular complexity index is 657. The number of hydrogen-bond donors (Lipinski definition) is 1. The minimum absolute atomic E-state index is 0.0893. The zero-order chi connectivity index (χ0) is 27.5. The van der Waals surface area contributed by atoms with Crippen molar-refractivity contribution >= 4 is 0 Å². The van der Waals surface area contributed by atoms with Crippen LogP contribution in [0.15, 0.2) is 24.3 Å². The molecule has 0 atom stereocenters. The van der Waals surface area contributed by atoms with Crippen molar-refractivity contribution in [3.8, 4) is 17.2 Å². The van der Waals surface area contributed by atoms with Crippen molar-refractivity contribution in [1.29, 1.82) is 0 Å². The van der Waals surface area contributed by atoms with E-state index in [0.717, 1.165) is 6.42 Å². The molecule has 0 radical (unpaired) electrons. The largest absolute Gasteiger partial charge is 0.502 e. The standard InChI is InChI=1S/C35H62O3/c1-4-5-6-7-8-9-10-11-12-13-14-15-16-17-18-19-20-21-22-23-24-25-26-27-28-29-32-30-33(37-2)35(36)34(31-32)38-3/h11-12,30-31,36H,4-10,13-29H2,1-3H3. The fourth-order valence-electron chi connectivity index (χ4n) is 5.26. The number of phenolic OH excluding ortho intramolecular Hbond substituents is 1. The first-order valence-corrected chi connectivity index (χ1v) is 16.3. The molecule has 3 nitrogen and oxygen atoms in total. The summed E-state index contributed by atoms with van der Waals surface area (Å²) in [5, 5.41) is 10.0. The Balaban J connectivity index is 1.80. The Hall–Kier alpha value is -1.64. The van der Waals surface area contributed by atoms with Gasteiger partial charge in [-0.25, -0.2) is 0 Å². The van der Waals surface area contributed by atoms with Gasteiger partial charge in [0, 0.05) is 0 Å². The Morgan fingerprint density at radius 1 is 0.526 bits per heavy atom. The van der Waals surface area contributed by atoms with E-state index < -0.39 is 0 Å². The van der Waals surface area contributed by atoms with E-state index in [9.17, 15) is 5.11 Å². The summed E-state index contributed by atoms with van der Waals surface area (Å²) in [5.74, 6) is 1.08. The number of rotatable bonds is 27. The molecule has 220 valence electrons. The van der Waals surface area contributed by atoms with Gasteiger partial charge in [0.05, 0.1) is 14.2 Å². The van der Waals surface area contributed by atoms with Crippen LogP contribution in [0, 0.1) is 0 Å². The topological polar surface area (TPSA) is 38.7 Å². The van der Waals surface area contributed by atoms with E-state index >= 15 is 0 Å². The molecule has 0 unspecified atom stereocenters. The van der Waals surface area contributed by atoms with Gasteiger partial charge in [-0.2, -0.15) is 0 Å². The van der Waals surface area contributed by atoms with Crippen LogP contribution < -0.4 is 9.47 Å². The Labute approximate surface area is 236 Å². The van der Waals surface area contributed by atoms with Gasteiger partial charge in [0.2, 0.25) is 5.75 Å². The molecule has 0 amide bonds. The second kappa shape index (κ2) is 25.6. The van der Waals surface area contributed by atoms with Crippen LogP contribution in [-0.2, 0) is 6.42 Å². The second-order valence-electron chi connectivity index (χ2n) is 11.2. The summed E-state index contributed by atoms with van der Waals surface area (Å²) in [7, 11) is 3.16. The summed E-state index contributed by atoms with van der Waals surface area (Å²) >= 11 is 0. The second-order valence-corrected chi connectivity index (χ2v) is 11.2. The van der Waals surface area contributed by atoms with E-state index in [4.69, 9.17) is 9.47 Å². The summed E-state index contributed by atoms with van der Waals surface area (Å²) < 4.78 is 10.5. The van der Waals surface area contributed by atoms with Crippen LogP contribution in [0.5, 0.6) is 17.2 Å². The molecule has 1 aromatic rings. The van der Waals surface area contributed by atoms with Crippen LogP contribution in [0.1, 0.15) is 160 Å². The predicted octanol–water partition coefficient (Wildman–Crippen LogP) is 11.5. The maximum Gasteiger partial charge on any atom is 0.200 e. The number of aryl methyl sites for hydroxylation is 1. The lowest BCUT2D eigenvalue weighted by atomic mass is 10.0. The minimum Gasteiger partial charge on any atom is -0.502 e. The van der Waals surface area contributed by atoms with Crippen molar-refractivity contribution in [3.63, 3.8) is 0 Å². The number of aromatic hydroxyl groups is 1. The normalized spacial score (nSPS) is 11.4. The Morgan fingerprint density at radius 3 is 1.24 bits per heavy atom. The number of unbranched alkanes of at least 4 members (excludes halogenated alkanes) is 21. The third-order valence-corrected chi connectivity index (χ3v) is 7.77. The molecule has 0 spiro atoms. The molecule has 1 rings (SSSR count). The number of hydrogen-bond acceptors (Lipinski definition) is 3. The predicted molar refractivity (Wildman–Crippen MR) is 166 cm³/mol. The van der Waals surface area contributed by atoms with Crippen molar-refractivity contribution in [3.05, 3.63) is 29.8 Å². The van der Waals surface area contributed by atoms with Crippen molar-refractivity contribution in [2.75, 3.05) is 14.2 Å². The summed E-state index contributed by atoms with van der Waals surface area (Å²) in [6, 6.07) is 3.85. The van der Waals surface area contributed by atoms with E-state index in [-0.39, 0.29) is 5.75 Å². The lowest BCUT2D eigenvalue weighted by Crippen LogP contribution is -1.93. The summed E-state index contributed by atoms with van der Waals surface area (Å²) in [6.07, 6.45) is 37.6. The summed E-state index contributed by atoms with van der Waals surface area (Å²) in [4.78, 5) is 0. The molecular weight excluding hydrogens is 468 g/mol. The molecule has 0 fully saturated rings. The highest BCUT2D eigenvalue weighted by atomic mass is 16.5. The van der Waals surface area contributed by atoms with Gasteiger partial charge in [0.1, 0.15) is 0 Å². The molecule has 0 saturated heterocycles. The quantitative estimate of drug-likeness (QED) is 0.0907. The van der Waals surface area contributed by atoms with Crippen molar-refractivity contribution in [1.82, 2.24) is 0 Å². The zero-order valence-corrected chi connectivity index (χ0v) is 25.5. The maximum absolute atomic E-state index is 10.0. The Kier molecular flexibility index (Phi) is 23.2. The highest BCUT2D eigenvalue weighted by molar-refractivity contribution is 5.52. The lowest BCUT2D eigenvalue weighted by molar-refractivity contribution is 0.339. The molecule has 0 aromatic heterocycles. The zero-order valence-electron chi connectivity index (χ0n) is 25.5. The van der Waals surface area contributed by atoms with Crippen molar-refractivity contribution in [2.24, 2.45) is 0 Å². The number of allylic oxidation sites excluding steroid dienone is 2. The van der Waals surface area contributed by atoms with Crippen LogP contribution in [-0.4, -0.2) is 19.3 Å². The van der Waals surface area contributed by atoms with Crippen LogP contribution in [0.25, 0.3) is 0 Å². The third-order valence-electron chi connectivity index (χ3n) is 7.77. The molecule has 0 aliphatic heterocycles. The highest BCUT2D eigenvalue weighted by Gasteiger charge is 2.10. The third kappa shape index (κ3) is 18.6. The van der Waals surface area contributed by atoms with Gasteiger partial charge in [-0.1, -0.05) is 135 Å². The highest BCUT2D eigenvalue weighted by Crippen LogP contribution is 2.37. The van der Waals surface area contributed by atoms with Crippen molar-refractivity contribution in [2.45, 2.75) is 161 Å². The molecule has 38 heavy (non-hydrogen) atoms. The number of ether oxygens (including phenoxy) is 2. The van der Waals surface area contributed by atoms with Crippen LogP contribution in [0.2, 0.25) is 0 Å². The molecule has 1 N–H and O–H groups in total. The summed E-state index contributed by atoms with van der Waals surface area (Å²) in [5.41, 5.74) is 1.17. The molecule has 3 heteroatoms. The van der Waals surface area contributed by atoms with E-state index in [1.165, 1.54) is 153 Å². The fraction of sp³-hybridized carbons (Fsp3) is 0.771. The average molecular weight is 531 g/mol. The number of benzene rings is 1. The van der Waals surface area contributed by atoms with Gasteiger partial charge >= 0.3 is 0 Å². The van der Waals surface area contributed by atoms with E-state index in [1.807, 2.05) is 12.1 Å². The molecule has 0 heterocycles. The molecule has 1 aromatic carbocycles. The van der Waals surface area contributed by atoms with Gasteiger partial charge < -0.3 is 14.6 Å². The van der Waals surface area contributed by atoms with Crippen LogP contribution in [0.4, 0.5) is 0 Å². The average Bonchev–Trinajstić information content (AvgIpc) is 2.93.